The van der Waals surface area contributed by atoms with Gasteiger partial charge in [-0.1, -0.05) is 0 Å². The summed E-state index contributed by atoms with van der Waals surface area (Å²) in [6, 6.07) is 1.42. The third kappa shape index (κ3) is 2.69. The Labute approximate surface area is 145 Å². The number of hydrogen-bond donors (Lipinski definition) is 1. The third-order valence-corrected chi connectivity index (χ3v) is 4.95. The van der Waals surface area contributed by atoms with Gasteiger partial charge in [0.2, 0.25) is 5.82 Å². The van der Waals surface area contributed by atoms with Crippen molar-refractivity contribution in [3.63, 3.8) is 0 Å². The molecule has 4 heterocycles. The van der Waals surface area contributed by atoms with E-state index in [2.05, 4.69) is 27.4 Å². The van der Waals surface area contributed by atoms with E-state index in [-0.39, 0.29) is 17.8 Å². The molecule has 0 saturated heterocycles. The molecule has 2 amide bonds. The van der Waals surface area contributed by atoms with Gasteiger partial charge in [0.05, 0.1) is 12.2 Å². The number of fused-ring (bicyclic) bond motifs is 2. The summed E-state index contributed by atoms with van der Waals surface area (Å²) < 4.78 is 3.59. The van der Waals surface area contributed by atoms with Crippen molar-refractivity contribution in [3.05, 3.63) is 23.9 Å². The molecule has 1 N–H and O–H groups in total. The van der Waals surface area contributed by atoms with Crippen molar-refractivity contribution in [2.45, 2.75) is 51.2 Å². The van der Waals surface area contributed by atoms with Crippen LogP contribution in [0.15, 0.2) is 12.3 Å². The number of carbonyl (C=O) groups excluding carboxylic acids is 2. The van der Waals surface area contributed by atoms with Crippen molar-refractivity contribution < 1.29 is 9.59 Å². The maximum absolute atomic E-state index is 12.6. The van der Waals surface area contributed by atoms with Gasteiger partial charge in [-0.25, -0.2) is 14.3 Å². The molecule has 2 aliphatic heterocycles. The summed E-state index contributed by atoms with van der Waals surface area (Å²) in [4.78, 5) is 31.1. The molecule has 25 heavy (non-hydrogen) atoms. The molecule has 0 aromatic carbocycles. The molecule has 2 aliphatic rings. The summed E-state index contributed by atoms with van der Waals surface area (Å²) in [6.45, 7) is 2.64. The second-order valence-corrected chi connectivity index (χ2v) is 6.66. The molecular weight excluding hydrogens is 322 g/mol. The minimum Gasteiger partial charge on any atom is -0.337 e. The van der Waals surface area contributed by atoms with Gasteiger partial charge in [0, 0.05) is 26.1 Å². The first-order chi connectivity index (χ1) is 12.0. The second-order valence-electron chi connectivity index (χ2n) is 6.66. The smallest absolute Gasteiger partial charge is 0.291 e. The van der Waals surface area contributed by atoms with Gasteiger partial charge in [0.15, 0.2) is 0 Å². The van der Waals surface area contributed by atoms with E-state index >= 15 is 0 Å². The van der Waals surface area contributed by atoms with Crippen LogP contribution in [0.2, 0.25) is 0 Å². The number of nitrogens with zero attached hydrogens (tertiary/aromatic N) is 6. The molecule has 2 aromatic heterocycles. The Morgan fingerprint density at radius 1 is 1.36 bits per heavy atom. The van der Waals surface area contributed by atoms with E-state index in [9.17, 15) is 9.59 Å². The lowest BCUT2D eigenvalue weighted by Crippen LogP contribution is -2.47. The zero-order chi connectivity index (χ0) is 17.6. The van der Waals surface area contributed by atoms with Crippen molar-refractivity contribution in [1.29, 1.82) is 0 Å². The fraction of sp³-hybridized carbons (Fsp3) is 0.562. The Bertz CT molecular complexity index is 824. The van der Waals surface area contributed by atoms with Crippen molar-refractivity contribution in [3.8, 4) is 0 Å². The zero-order valence-corrected chi connectivity index (χ0v) is 14.3. The van der Waals surface area contributed by atoms with Gasteiger partial charge in [-0.3, -0.25) is 14.5 Å². The first-order valence-corrected chi connectivity index (χ1v) is 8.60. The highest BCUT2D eigenvalue weighted by Crippen LogP contribution is 2.22. The van der Waals surface area contributed by atoms with E-state index in [4.69, 9.17) is 0 Å². The molecule has 0 spiro atoms. The molecule has 0 bridgehead atoms. The van der Waals surface area contributed by atoms with Crippen LogP contribution < -0.4 is 10.2 Å². The minimum atomic E-state index is -0.614. The number of nitrogens with one attached hydrogen (secondary N) is 1. The summed E-state index contributed by atoms with van der Waals surface area (Å²) in [5, 5.41) is 11.3. The first kappa shape index (κ1) is 15.8. The topological polar surface area (TPSA) is 97.9 Å². The highest BCUT2D eigenvalue weighted by molar-refractivity contribution is 6.00. The van der Waals surface area contributed by atoms with E-state index in [1.54, 1.807) is 24.0 Å². The Kier molecular flexibility index (Phi) is 3.78. The van der Waals surface area contributed by atoms with Crippen LogP contribution in [0.1, 0.15) is 48.7 Å². The number of anilines is 1. The summed E-state index contributed by atoms with van der Waals surface area (Å²) in [7, 11) is 1.69. The van der Waals surface area contributed by atoms with Crippen LogP contribution >= 0.6 is 0 Å². The first-order valence-electron chi connectivity index (χ1n) is 8.60. The minimum absolute atomic E-state index is 0.140. The van der Waals surface area contributed by atoms with Crippen LogP contribution in [0.3, 0.4) is 0 Å². The van der Waals surface area contributed by atoms with Crippen molar-refractivity contribution >= 4 is 17.6 Å². The third-order valence-electron chi connectivity index (χ3n) is 4.95. The average molecular weight is 343 g/mol. The lowest BCUT2D eigenvalue weighted by Gasteiger charge is -2.20. The predicted molar refractivity (Wildman–Crippen MR) is 89.2 cm³/mol. The molecule has 2 atom stereocenters. The summed E-state index contributed by atoms with van der Waals surface area (Å²) in [6.07, 6.45) is 5.07. The van der Waals surface area contributed by atoms with Crippen LogP contribution in [0.5, 0.6) is 0 Å². The Balaban J connectivity index is 1.51. The van der Waals surface area contributed by atoms with Gasteiger partial charge in [0.1, 0.15) is 17.7 Å². The number of amides is 2. The Morgan fingerprint density at radius 2 is 2.20 bits per heavy atom. The molecule has 0 fully saturated rings. The van der Waals surface area contributed by atoms with Crippen LogP contribution in [-0.4, -0.2) is 49.4 Å². The summed E-state index contributed by atoms with van der Waals surface area (Å²) in [5.74, 6) is 1.14. The monoisotopic (exact) mass is 343 g/mol. The maximum Gasteiger partial charge on any atom is 0.291 e. The van der Waals surface area contributed by atoms with Gasteiger partial charge in [0.25, 0.3) is 11.8 Å². The SMILES string of the molecule is CC1CCCc2nc(C(=O)NC3CCn4nccc4N(C)C3=O)nn21. The number of hydrogen-bond acceptors (Lipinski definition) is 5. The highest BCUT2D eigenvalue weighted by Gasteiger charge is 2.31. The standard InChI is InChI=1S/C16H21N7O2/c1-10-4-3-5-12-19-14(20-23(10)12)15(24)18-11-7-9-22-13(6-8-17-22)21(2)16(11)25/h6,8,10-11H,3-5,7,9H2,1-2H3,(H,18,24). The van der Waals surface area contributed by atoms with Gasteiger partial charge >= 0.3 is 0 Å². The summed E-state index contributed by atoms with van der Waals surface area (Å²) in [5.41, 5.74) is 0. The van der Waals surface area contributed by atoms with Crippen molar-refractivity contribution in [2.24, 2.45) is 0 Å². The Morgan fingerprint density at radius 3 is 3.00 bits per heavy atom. The normalized spacial score (nSPS) is 23.0. The lowest BCUT2D eigenvalue weighted by molar-refractivity contribution is -0.120. The van der Waals surface area contributed by atoms with E-state index in [0.717, 1.165) is 30.9 Å². The molecule has 4 rings (SSSR count). The number of aryl methyl sites for hydroxylation is 2. The molecule has 0 saturated carbocycles. The number of aromatic nitrogens is 5. The summed E-state index contributed by atoms with van der Waals surface area (Å²) >= 11 is 0. The number of rotatable bonds is 2. The fourth-order valence-electron chi connectivity index (χ4n) is 3.51. The van der Waals surface area contributed by atoms with Crippen LogP contribution in [-0.2, 0) is 17.8 Å². The zero-order valence-electron chi connectivity index (χ0n) is 14.3. The molecule has 9 heteroatoms. The molecule has 0 aliphatic carbocycles. The van der Waals surface area contributed by atoms with Gasteiger partial charge in [-0.2, -0.15) is 5.10 Å². The number of likely N-dealkylation sites (N-methyl/N-ethyl adjacent to an activating group) is 1. The van der Waals surface area contributed by atoms with E-state index in [0.29, 0.717) is 13.0 Å². The molecule has 0 radical (unpaired) electrons. The molecule has 2 aromatic rings. The Hall–Kier alpha value is -2.71. The molecular formula is C16H21N7O2. The van der Waals surface area contributed by atoms with Crippen molar-refractivity contribution in [2.75, 3.05) is 11.9 Å². The van der Waals surface area contributed by atoms with Crippen molar-refractivity contribution in [1.82, 2.24) is 29.9 Å². The maximum atomic E-state index is 12.6. The molecule has 132 valence electrons. The largest absolute Gasteiger partial charge is 0.337 e. The fourth-order valence-corrected chi connectivity index (χ4v) is 3.51. The van der Waals surface area contributed by atoms with Crippen LogP contribution in [0, 0.1) is 0 Å². The van der Waals surface area contributed by atoms with E-state index in [1.165, 1.54) is 4.90 Å². The average Bonchev–Trinajstić information content (AvgIpc) is 3.22. The van der Waals surface area contributed by atoms with Crippen LogP contribution in [0.4, 0.5) is 5.82 Å². The predicted octanol–water partition coefficient (Wildman–Crippen LogP) is 0.537. The lowest BCUT2D eigenvalue weighted by atomic mass is 10.1. The van der Waals surface area contributed by atoms with Crippen LogP contribution in [0.25, 0.3) is 0 Å². The van der Waals surface area contributed by atoms with E-state index in [1.807, 2.05) is 4.68 Å². The van der Waals surface area contributed by atoms with Gasteiger partial charge in [-0.15, -0.1) is 5.10 Å². The van der Waals surface area contributed by atoms with Gasteiger partial charge < -0.3 is 5.32 Å². The van der Waals surface area contributed by atoms with Gasteiger partial charge in [-0.05, 0) is 26.2 Å². The van der Waals surface area contributed by atoms with E-state index < -0.39 is 11.9 Å². The molecule has 2 unspecified atom stereocenters. The number of carbonyl (C=O) groups is 2. The molecule has 9 nitrogen and oxygen atoms in total. The second kappa shape index (κ2) is 5.98. The quantitative estimate of drug-likeness (QED) is 0.858. The highest BCUT2D eigenvalue weighted by atomic mass is 16.2.